The highest BCUT2D eigenvalue weighted by Gasteiger charge is 2.36. The molecule has 2 aromatic heterocycles. The number of hydrogen-bond acceptors (Lipinski definition) is 5. The quantitative estimate of drug-likeness (QED) is 0.901. The van der Waals surface area contributed by atoms with Crippen LogP contribution in [0.1, 0.15) is 21.8 Å². The number of carbonyl (C=O) groups is 2. The maximum Gasteiger partial charge on any atom is 0.276 e. The van der Waals surface area contributed by atoms with E-state index in [0.29, 0.717) is 25.4 Å². The van der Waals surface area contributed by atoms with E-state index in [2.05, 4.69) is 15.5 Å². The van der Waals surface area contributed by atoms with E-state index in [1.807, 2.05) is 12.1 Å². The first-order valence-corrected chi connectivity index (χ1v) is 7.02. The van der Waals surface area contributed by atoms with Crippen LogP contribution in [0, 0.1) is 12.8 Å². The Morgan fingerprint density at radius 1 is 1.45 bits per heavy atom. The molecule has 0 radical (unpaired) electrons. The van der Waals surface area contributed by atoms with E-state index < -0.39 is 0 Å². The van der Waals surface area contributed by atoms with Crippen LogP contribution in [-0.4, -0.2) is 39.9 Å². The number of nitrogens with zero attached hydrogens (tertiary/aromatic N) is 3. The van der Waals surface area contributed by atoms with Gasteiger partial charge < -0.3 is 14.7 Å². The Balaban J connectivity index is 1.46. The summed E-state index contributed by atoms with van der Waals surface area (Å²) in [6.45, 7) is 2.99. The van der Waals surface area contributed by atoms with Crippen molar-refractivity contribution in [3.8, 4) is 0 Å². The van der Waals surface area contributed by atoms with E-state index in [1.165, 1.54) is 0 Å². The van der Waals surface area contributed by atoms with Crippen LogP contribution < -0.4 is 5.32 Å². The Hall–Kier alpha value is -2.70. The van der Waals surface area contributed by atoms with Crippen LogP contribution in [0.3, 0.4) is 0 Å². The van der Waals surface area contributed by atoms with Gasteiger partial charge in [0.2, 0.25) is 5.91 Å². The fourth-order valence-electron chi connectivity index (χ4n) is 2.28. The van der Waals surface area contributed by atoms with Crippen LogP contribution >= 0.6 is 0 Å². The van der Waals surface area contributed by atoms with Crippen LogP contribution in [-0.2, 0) is 11.3 Å². The highest BCUT2D eigenvalue weighted by molar-refractivity contribution is 5.94. The Bertz CT molecular complexity index is 677. The molecule has 3 heterocycles. The van der Waals surface area contributed by atoms with Gasteiger partial charge in [-0.05, 0) is 18.6 Å². The second-order valence-corrected chi connectivity index (χ2v) is 5.31. The van der Waals surface area contributed by atoms with Crippen LogP contribution in [0.4, 0.5) is 0 Å². The highest BCUT2D eigenvalue weighted by atomic mass is 16.5. The fourth-order valence-corrected chi connectivity index (χ4v) is 2.28. The number of aromatic nitrogens is 2. The third-order valence-corrected chi connectivity index (χ3v) is 3.58. The van der Waals surface area contributed by atoms with Gasteiger partial charge in [0, 0.05) is 38.1 Å². The van der Waals surface area contributed by atoms with Crippen molar-refractivity contribution < 1.29 is 14.1 Å². The molecule has 7 heteroatoms. The van der Waals surface area contributed by atoms with Crippen molar-refractivity contribution in [2.75, 3.05) is 13.1 Å². The lowest BCUT2D eigenvalue weighted by atomic mass is 9.98. The van der Waals surface area contributed by atoms with Gasteiger partial charge in [-0.15, -0.1) is 0 Å². The number of nitrogens with one attached hydrogen (secondary N) is 1. The van der Waals surface area contributed by atoms with E-state index in [-0.39, 0.29) is 23.4 Å². The number of hydrogen-bond donors (Lipinski definition) is 1. The minimum atomic E-state index is -0.201. The summed E-state index contributed by atoms with van der Waals surface area (Å²) in [7, 11) is 0. The summed E-state index contributed by atoms with van der Waals surface area (Å²) < 4.78 is 4.88. The van der Waals surface area contributed by atoms with Crippen LogP contribution in [0.25, 0.3) is 0 Å². The average molecular weight is 300 g/mol. The normalized spacial score (nSPS) is 14.5. The van der Waals surface area contributed by atoms with Gasteiger partial charge in [-0.1, -0.05) is 11.2 Å². The van der Waals surface area contributed by atoms with Crippen LogP contribution in [0.2, 0.25) is 0 Å². The van der Waals surface area contributed by atoms with Gasteiger partial charge in [0.15, 0.2) is 5.69 Å². The zero-order valence-electron chi connectivity index (χ0n) is 12.2. The Kier molecular flexibility index (Phi) is 3.86. The lowest BCUT2D eigenvalue weighted by molar-refractivity contribution is -0.129. The maximum absolute atomic E-state index is 12.1. The van der Waals surface area contributed by atoms with Gasteiger partial charge in [-0.2, -0.15) is 0 Å². The molecule has 1 saturated heterocycles. The molecule has 0 saturated carbocycles. The number of aryl methyl sites for hydroxylation is 1. The second-order valence-electron chi connectivity index (χ2n) is 5.31. The summed E-state index contributed by atoms with van der Waals surface area (Å²) in [5.41, 5.74) is 1.23. The first kappa shape index (κ1) is 14.2. The smallest absolute Gasteiger partial charge is 0.276 e. The van der Waals surface area contributed by atoms with Gasteiger partial charge >= 0.3 is 0 Å². The van der Waals surface area contributed by atoms with E-state index in [4.69, 9.17) is 4.52 Å². The lowest BCUT2D eigenvalue weighted by Crippen LogP contribution is -2.55. The predicted octanol–water partition coefficient (Wildman–Crippen LogP) is 0.766. The third kappa shape index (κ3) is 2.98. The average Bonchev–Trinajstić information content (AvgIpc) is 2.91. The Morgan fingerprint density at radius 3 is 2.91 bits per heavy atom. The second kappa shape index (κ2) is 5.97. The van der Waals surface area contributed by atoms with Crippen LogP contribution in [0.15, 0.2) is 35.1 Å². The lowest BCUT2D eigenvalue weighted by Gasteiger charge is -2.37. The van der Waals surface area contributed by atoms with Crippen molar-refractivity contribution in [1.29, 1.82) is 0 Å². The molecule has 7 nitrogen and oxygen atoms in total. The molecule has 1 fully saturated rings. The molecule has 1 N–H and O–H groups in total. The molecular weight excluding hydrogens is 284 g/mol. The standard InChI is InChI=1S/C15H16N4O3/c1-10-5-13(18-22-10)15(21)19-8-12(9-19)14(20)17-7-11-3-2-4-16-6-11/h2-6,12H,7-9H2,1H3,(H,17,20). The van der Waals surface area contributed by atoms with E-state index in [0.717, 1.165) is 5.56 Å². The largest absolute Gasteiger partial charge is 0.361 e. The molecule has 1 aliphatic rings. The molecule has 0 atom stereocenters. The van der Waals surface area contributed by atoms with E-state index in [9.17, 15) is 9.59 Å². The summed E-state index contributed by atoms with van der Waals surface area (Å²) in [6.07, 6.45) is 3.40. The SMILES string of the molecule is Cc1cc(C(=O)N2CC(C(=O)NCc3cccnc3)C2)no1. The summed E-state index contributed by atoms with van der Waals surface area (Å²) in [4.78, 5) is 29.6. The monoisotopic (exact) mass is 300 g/mol. The molecule has 0 bridgehead atoms. The molecule has 0 spiro atoms. The highest BCUT2D eigenvalue weighted by Crippen LogP contribution is 2.19. The summed E-state index contributed by atoms with van der Waals surface area (Å²) in [6, 6.07) is 5.32. The fraction of sp³-hybridized carbons (Fsp3) is 0.333. The van der Waals surface area contributed by atoms with Crippen molar-refractivity contribution in [3.05, 3.63) is 47.6 Å². The molecule has 2 aromatic rings. The topological polar surface area (TPSA) is 88.3 Å². The van der Waals surface area contributed by atoms with Gasteiger partial charge in [-0.25, -0.2) is 0 Å². The predicted molar refractivity (Wildman–Crippen MR) is 76.7 cm³/mol. The molecule has 22 heavy (non-hydrogen) atoms. The van der Waals surface area contributed by atoms with Crippen molar-refractivity contribution >= 4 is 11.8 Å². The van der Waals surface area contributed by atoms with Gasteiger partial charge in [0.05, 0.1) is 5.92 Å². The number of amides is 2. The molecule has 0 aromatic carbocycles. The first-order chi connectivity index (χ1) is 10.6. The Labute approximate surface area is 127 Å². The minimum absolute atomic E-state index is 0.0516. The first-order valence-electron chi connectivity index (χ1n) is 7.02. The van der Waals surface area contributed by atoms with E-state index in [1.54, 1.807) is 30.3 Å². The molecule has 2 amide bonds. The third-order valence-electron chi connectivity index (χ3n) is 3.58. The van der Waals surface area contributed by atoms with Crippen molar-refractivity contribution in [2.45, 2.75) is 13.5 Å². The van der Waals surface area contributed by atoms with E-state index >= 15 is 0 Å². The summed E-state index contributed by atoms with van der Waals surface area (Å²) in [5.74, 6) is 0.167. The molecule has 3 rings (SSSR count). The number of pyridine rings is 1. The van der Waals surface area contributed by atoms with Gasteiger partial charge in [0.1, 0.15) is 5.76 Å². The van der Waals surface area contributed by atoms with Gasteiger partial charge in [0.25, 0.3) is 5.91 Å². The summed E-state index contributed by atoms with van der Waals surface area (Å²) in [5, 5.41) is 6.54. The number of likely N-dealkylation sites (tertiary alicyclic amines) is 1. The molecule has 0 aliphatic carbocycles. The molecule has 114 valence electrons. The number of rotatable bonds is 4. The minimum Gasteiger partial charge on any atom is -0.361 e. The van der Waals surface area contributed by atoms with Crippen molar-refractivity contribution in [1.82, 2.24) is 20.4 Å². The molecular formula is C15H16N4O3. The molecule has 1 aliphatic heterocycles. The van der Waals surface area contributed by atoms with Crippen molar-refractivity contribution in [2.24, 2.45) is 5.92 Å². The number of carbonyl (C=O) groups excluding carboxylic acids is 2. The van der Waals surface area contributed by atoms with Crippen molar-refractivity contribution in [3.63, 3.8) is 0 Å². The Morgan fingerprint density at radius 2 is 2.27 bits per heavy atom. The zero-order valence-corrected chi connectivity index (χ0v) is 12.2. The van der Waals surface area contributed by atoms with Gasteiger partial charge in [-0.3, -0.25) is 14.6 Å². The summed E-state index contributed by atoms with van der Waals surface area (Å²) >= 11 is 0. The van der Waals surface area contributed by atoms with Crippen LogP contribution in [0.5, 0.6) is 0 Å². The molecule has 0 unspecified atom stereocenters. The maximum atomic E-state index is 12.1. The zero-order chi connectivity index (χ0) is 15.5.